The number of amides is 1. The highest BCUT2D eigenvalue weighted by Crippen LogP contribution is 2.63. The molecule has 6 rings (SSSR count). The Kier molecular flexibility index (Phi) is 9.73. The number of rotatable bonds is 8. The maximum absolute atomic E-state index is 14.9. The highest BCUT2D eigenvalue weighted by molar-refractivity contribution is 5.95. The summed E-state index contributed by atoms with van der Waals surface area (Å²) >= 11 is 0. The number of fused-ring (bicyclic) bond motifs is 5. The molecule has 0 spiro atoms. The fourth-order valence-electron chi connectivity index (χ4n) is 9.11. The van der Waals surface area contributed by atoms with Crippen molar-refractivity contribution in [1.82, 2.24) is 5.32 Å². The Hall–Kier alpha value is -4.39. The number of ether oxygens (including phenoxy) is 4. The zero-order chi connectivity index (χ0) is 37.8. The normalized spacial score (nSPS) is 33.8. The Balaban J connectivity index is 1.39. The van der Waals surface area contributed by atoms with Gasteiger partial charge in [-0.15, -0.1) is 0 Å². The lowest BCUT2D eigenvalue weighted by atomic mass is 9.46. The van der Waals surface area contributed by atoms with Gasteiger partial charge in [-0.05, 0) is 49.1 Å². The van der Waals surface area contributed by atoms with Crippen molar-refractivity contribution in [3.8, 4) is 0 Å². The van der Waals surface area contributed by atoms with E-state index in [-0.39, 0.29) is 43.8 Å². The number of carbonyl (C=O) groups is 5. The lowest BCUT2D eigenvalue weighted by molar-refractivity contribution is -0.327. The van der Waals surface area contributed by atoms with Crippen LogP contribution in [0.3, 0.4) is 0 Å². The first kappa shape index (κ1) is 37.4. The van der Waals surface area contributed by atoms with E-state index in [1.807, 2.05) is 6.07 Å². The van der Waals surface area contributed by atoms with Crippen molar-refractivity contribution in [2.24, 2.45) is 16.7 Å². The summed E-state index contributed by atoms with van der Waals surface area (Å²) in [6, 6.07) is 16.9. The summed E-state index contributed by atoms with van der Waals surface area (Å²) in [5.74, 6) is -4.00. The Bertz CT molecular complexity index is 1790. The first-order valence-corrected chi connectivity index (χ1v) is 17.7. The second-order valence-corrected chi connectivity index (χ2v) is 15.4. The van der Waals surface area contributed by atoms with Crippen LogP contribution >= 0.6 is 0 Å². The topological polar surface area (TPSA) is 175 Å². The standard InChI is InChI=1S/C40H47NO11/c1-22-28(51-32(45)17-27(25-13-9-7-10-14-25)41-36(47)26-15-11-8-12-16-26)19-39(48)20-29-38(6,30(44)18-31-40(29,21-49-31)52-24(3)43)35(46)34(50-23(2)42)33(22)37(39,4)5/h7-16,27-31,34,44,48H,17-21H2,1-6H3,(H,41,47)/t27-,28+,29+,30+,31-,34-,38+,39-,40-/m1/s1. The van der Waals surface area contributed by atoms with E-state index in [1.54, 1.807) is 82.3 Å². The molecule has 1 aliphatic heterocycles. The number of hydrogen-bond donors (Lipinski definition) is 3. The fourth-order valence-corrected chi connectivity index (χ4v) is 9.11. The molecule has 12 heteroatoms. The molecule has 1 amide bonds. The summed E-state index contributed by atoms with van der Waals surface area (Å²) in [6.07, 6.45) is -5.15. The van der Waals surface area contributed by atoms with Crippen molar-refractivity contribution in [2.45, 2.75) is 109 Å². The van der Waals surface area contributed by atoms with Crippen molar-refractivity contribution in [3.63, 3.8) is 0 Å². The highest BCUT2D eigenvalue weighted by Gasteiger charge is 2.74. The van der Waals surface area contributed by atoms with Crippen molar-refractivity contribution in [1.29, 1.82) is 0 Å². The third-order valence-electron chi connectivity index (χ3n) is 12.1. The minimum atomic E-state index is -1.73. The Morgan fingerprint density at radius 2 is 1.58 bits per heavy atom. The molecule has 3 aliphatic carbocycles. The van der Waals surface area contributed by atoms with E-state index in [2.05, 4.69) is 5.32 Å². The van der Waals surface area contributed by atoms with E-state index < -0.39 is 82.1 Å². The first-order valence-electron chi connectivity index (χ1n) is 17.7. The highest BCUT2D eigenvalue weighted by atomic mass is 16.6. The van der Waals surface area contributed by atoms with Crippen LogP contribution in [0.1, 0.15) is 89.2 Å². The van der Waals surface area contributed by atoms with E-state index in [9.17, 15) is 34.2 Å². The number of esters is 3. The largest absolute Gasteiger partial charge is 0.458 e. The molecule has 2 bridgehead atoms. The molecule has 1 saturated heterocycles. The van der Waals surface area contributed by atoms with Crippen LogP contribution < -0.4 is 5.32 Å². The number of ketones is 1. The minimum absolute atomic E-state index is 0.0116. The second kappa shape index (κ2) is 13.5. The van der Waals surface area contributed by atoms with Gasteiger partial charge in [0.25, 0.3) is 5.91 Å². The molecule has 278 valence electrons. The average molecular weight is 718 g/mol. The summed E-state index contributed by atoms with van der Waals surface area (Å²) in [5, 5.41) is 27.5. The van der Waals surface area contributed by atoms with Gasteiger partial charge in [0.15, 0.2) is 17.5 Å². The number of nitrogens with one attached hydrogen (secondary N) is 1. The quantitative estimate of drug-likeness (QED) is 0.205. The van der Waals surface area contributed by atoms with Crippen LogP contribution in [0.2, 0.25) is 0 Å². The predicted octanol–water partition coefficient (Wildman–Crippen LogP) is 3.93. The van der Waals surface area contributed by atoms with E-state index in [0.29, 0.717) is 16.7 Å². The third kappa shape index (κ3) is 6.14. The molecule has 0 aromatic heterocycles. The first-order chi connectivity index (χ1) is 24.4. The molecule has 0 radical (unpaired) electrons. The zero-order valence-electron chi connectivity index (χ0n) is 30.3. The molecule has 1 heterocycles. The van der Waals surface area contributed by atoms with Crippen LogP contribution in [0.25, 0.3) is 0 Å². The Morgan fingerprint density at radius 1 is 0.942 bits per heavy atom. The van der Waals surface area contributed by atoms with Gasteiger partial charge in [-0.25, -0.2) is 0 Å². The van der Waals surface area contributed by atoms with Crippen LogP contribution in [0.5, 0.6) is 0 Å². The van der Waals surface area contributed by atoms with E-state index in [0.717, 1.165) is 0 Å². The van der Waals surface area contributed by atoms with E-state index >= 15 is 0 Å². The van der Waals surface area contributed by atoms with Gasteiger partial charge >= 0.3 is 17.9 Å². The van der Waals surface area contributed by atoms with Gasteiger partial charge < -0.3 is 34.5 Å². The summed E-state index contributed by atoms with van der Waals surface area (Å²) < 4.78 is 23.7. The Labute approximate surface area is 302 Å². The monoisotopic (exact) mass is 717 g/mol. The molecular weight excluding hydrogens is 670 g/mol. The van der Waals surface area contributed by atoms with E-state index in [4.69, 9.17) is 18.9 Å². The predicted molar refractivity (Wildman–Crippen MR) is 185 cm³/mol. The number of benzene rings is 2. The molecule has 2 saturated carbocycles. The van der Waals surface area contributed by atoms with Crippen molar-refractivity contribution in [2.75, 3.05) is 6.61 Å². The average Bonchev–Trinajstić information content (AvgIpc) is 3.08. The number of carbonyl (C=O) groups excluding carboxylic acids is 5. The summed E-state index contributed by atoms with van der Waals surface area (Å²) in [4.78, 5) is 67.2. The van der Waals surface area contributed by atoms with Gasteiger partial charge in [0.05, 0.1) is 36.2 Å². The van der Waals surface area contributed by atoms with Gasteiger partial charge in [0.2, 0.25) is 0 Å². The molecule has 3 fully saturated rings. The molecule has 12 nitrogen and oxygen atoms in total. The molecule has 2 aromatic rings. The van der Waals surface area contributed by atoms with Crippen LogP contribution in [0.4, 0.5) is 0 Å². The molecule has 4 aliphatic rings. The molecule has 9 atom stereocenters. The van der Waals surface area contributed by atoms with Crippen LogP contribution in [-0.4, -0.2) is 82.0 Å². The summed E-state index contributed by atoms with van der Waals surface area (Å²) in [7, 11) is 0. The fraction of sp³-hybridized carbons (Fsp3) is 0.525. The molecular formula is C40H47NO11. The van der Waals surface area contributed by atoms with Crippen molar-refractivity contribution >= 4 is 29.6 Å². The molecule has 3 N–H and O–H groups in total. The second-order valence-electron chi connectivity index (χ2n) is 15.4. The number of aliphatic hydroxyl groups excluding tert-OH is 1. The van der Waals surface area contributed by atoms with Crippen molar-refractivity contribution < 1.29 is 53.1 Å². The SMILES string of the molecule is CC(=O)O[C@H]1C(=O)[C@@]2(C)[C@H](C[C@]3(O)C[C@H](OC(=O)C[C@@H](NC(=O)c4ccccc4)c4ccccc4)C(C)=C1C3(C)C)[C@]1(OC(C)=O)CO[C@@H]1C[C@@H]2O. The zero-order valence-corrected chi connectivity index (χ0v) is 30.3. The lowest BCUT2D eigenvalue weighted by Crippen LogP contribution is -2.77. The molecule has 0 unspecified atom stereocenters. The van der Waals surface area contributed by atoms with Crippen LogP contribution in [0, 0.1) is 16.7 Å². The number of aliphatic hydroxyl groups is 2. The smallest absolute Gasteiger partial charge is 0.308 e. The minimum Gasteiger partial charge on any atom is -0.458 e. The van der Waals surface area contributed by atoms with Crippen LogP contribution in [-0.2, 0) is 38.1 Å². The lowest BCUT2D eigenvalue weighted by Gasteiger charge is -2.65. The van der Waals surface area contributed by atoms with Gasteiger partial charge in [0, 0.05) is 43.6 Å². The maximum Gasteiger partial charge on any atom is 0.308 e. The van der Waals surface area contributed by atoms with E-state index in [1.165, 1.54) is 13.8 Å². The Morgan fingerprint density at radius 3 is 2.15 bits per heavy atom. The van der Waals surface area contributed by atoms with Gasteiger partial charge in [0.1, 0.15) is 12.2 Å². The number of hydrogen-bond acceptors (Lipinski definition) is 11. The van der Waals surface area contributed by atoms with Crippen LogP contribution in [0.15, 0.2) is 71.8 Å². The van der Waals surface area contributed by atoms with Gasteiger partial charge in [-0.1, -0.05) is 62.4 Å². The van der Waals surface area contributed by atoms with Gasteiger partial charge in [-0.3, -0.25) is 24.0 Å². The van der Waals surface area contributed by atoms with Crippen molar-refractivity contribution in [3.05, 3.63) is 82.9 Å². The summed E-state index contributed by atoms with van der Waals surface area (Å²) in [6.45, 7) is 9.10. The summed E-state index contributed by atoms with van der Waals surface area (Å²) in [5.41, 5.74) is -4.14. The number of Topliss-reactive ketones (excluding diaryl/α,β-unsaturated/α-hetero) is 1. The molecule has 52 heavy (non-hydrogen) atoms. The van der Waals surface area contributed by atoms with Gasteiger partial charge in [-0.2, -0.15) is 0 Å². The maximum atomic E-state index is 14.9. The third-order valence-corrected chi connectivity index (χ3v) is 12.1. The molecule has 2 aromatic carbocycles.